The fourth-order valence-corrected chi connectivity index (χ4v) is 0.754. The molecule has 13 heavy (non-hydrogen) atoms. The first-order chi connectivity index (χ1) is 5.93. The maximum Gasteiger partial charge on any atom is 0.322 e. The van der Waals surface area contributed by atoms with E-state index < -0.39 is 12.0 Å². The number of carbonyl (C=O) groups is 2. The molecule has 0 aliphatic heterocycles. The maximum atomic E-state index is 11.0. The van der Waals surface area contributed by atoms with Gasteiger partial charge in [0, 0.05) is 13.0 Å². The minimum Gasteiger partial charge on any atom is -0.480 e. The topological polar surface area (TPSA) is 92.4 Å². The summed E-state index contributed by atoms with van der Waals surface area (Å²) in [4.78, 5) is 21.3. The standard InChI is InChI=1S/C8H16N2O3/c1-5(2)3-7(11)10-4-6(9)8(12)13/h5-6H,3-4,9H2,1-2H3,(H,10,11)(H,12,13). The van der Waals surface area contributed by atoms with Crippen molar-refractivity contribution in [3.05, 3.63) is 0 Å². The molecular formula is C8H16N2O3. The summed E-state index contributed by atoms with van der Waals surface area (Å²) in [7, 11) is 0. The summed E-state index contributed by atoms with van der Waals surface area (Å²) in [6.45, 7) is 3.81. The van der Waals surface area contributed by atoms with Crippen LogP contribution in [0, 0.1) is 5.92 Å². The van der Waals surface area contributed by atoms with Crippen molar-refractivity contribution in [1.29, 1.82) is 0 Å². The second kappa shape index (κ2) is 5.53. The predicted molar refractivity (Wildman–Crippen MR) is 48.1 cm³/mol. The molecule has 0 aliphatic rings. The van der Waals surface area contributed by atoms with E-state index in [9.17, 15) is 9.59 Å². The first kappa shape index (κ1) is 11.9. The van der Waals surface area contributed by atoms with E-state index in [0.717, 1.165) is 0 Å². The Bertz CT molecular complexity index is 192. The van der Waals surface area contributed by atoms with Crippen LogP contribution in [-0.2, 0) is 9.59 Å². The van der Waals surface area contributed by atoms with Crippen LogP contribution in [0.1, 0.15) is 20.3 Å². The summed E-state index contributed by atoms with van der Waals surface area (Å²) in [6.07, 6.45) is 0.395. The van der Waals surface area contributed by atoms with Crippen LogP contribution in [0.25, 0.3) is 0 Å². The van der Waals surface area contributed by atoms with E-state index in [1.807, 2.05) is 13.8 Å². The molecule has 0 rings (SSSR count). The number of carboxylic acids is 1. The van der Waals surface area contributed by atoms with Crippen molar-refractivity contribution >= 4 is 11.9 Å². The molecule has 0 aromatic carbocycles. The van der Waals surface area contributed by atoms with Crippen molar-refractivity contribution in [1.82, 2.24) is 5.32 Å². The largest absolute Gasteiger partial charge is 0.480 e. The van der Waals surface area contributed by atoms with Gasteiger partial charge in [-0.3, -0.25) is 9.59 Å². The van der Waals surface area contributed by atoms with Crippen LogP contribution in [0.2, 0.25) is 0 Å². The van der Waals surface area contributed by atoms with E-state index in [4.69, 9.17) is 10.8 Å². The highest BCUT2D eigenvalue weighted by molar-refractivity contribution is 5.78. The molecule has 0 aromatic rings. The van der Waals surface area contributed by atoms with Crippen LogP contribution in [0.15, 0.2) is 0 Å². The summed E-state index contributed by atoms with van der Waals surface area (Å²) in [5.41, 5.74) is 5.18. The Balaban J connectivity index is 3.64. The van der Waals surface area contributed by atoms with Gasteiger partial charge in [0.05, 0.1) is 0 Å². The number of amides is 1. The van der Waals surface area contributed by atoms with Crippen molar-refractivity contribution in [2.75, 3.05) is 6.54 Å². The van der Waals surface area contributed by atoms with Gasteiger partial charge in [0.2, 0.25) is 5.91 Å². The molecule has 0 saturated carbocycles. The van der Waals surface area contributed by atoms with Gasteiger partial charge in [-0.1, -0.05) is 13.8 Å². The van der Waals surface area contributed by atoms with Gasteiger partial charge in [0.25, 0.3) is 0 Å². The molecule has 1 amide bonds. The Hall–Kier alpha value is -1.10. The zero-order valence-corrected chi connectivity index (χ0v) is 7.91. The van der Waals surface area contributed by atoms with Crippen LogP contribution in [0.3, 0.4) is 0 Å². The highest BCUT2D eigenvalue weighted by Gasteiger charge is 2.12. The predicted octanol–water partition coefficient (Wildman–Crippen LogP) is -0.439. The van der Waals surface area contributed by atoms with Crippen LogP contribution >= 0.6 is 0 Å². The number of nitrogens with two attached hydrogens (primary N) is 1. The minimum absolute atomic E-state index is 0.0130. The number of aliphatic carboxylic acids is 1. The van der Waals surface area contributed by atoms with E-state index in [2.05, 4.69) is 5.32 Å². The third kappa shape index (κ3) is 6.10. The first-order valence-electron chi connectivity index (χ1n) is 4.18. The number of carbonyl (C=O) groups excluding carboxylic acids is 1. The van der Waals surface area contributed by atoms with Gasteiger partial charge in [-0.2, -0.15) is 0 Å². The lowest BCUT2D eigenvalue weighted by molar-refractivity contribution is -0.138. The van der Waals surface area contributed by atoms with E-state index in [1.54, 1.807) is 0 Å². The summed E-state index contributed by atoms with van der Waals surface area (Å²) in [5, 5.41) is 10.9. The average Bonchev–Trinajstić information content (AvgIpc) is 1.98. The summed E-state index contributed by atoms with van der Waals surface area (Å²) < 4.78 is 0. The third-order valence-electron chi connectivity index (χ3n) is 1.43. The minimum atomic E-state index is -1.11. The van der Waals surface area contributed by atoms with Crippen molar-refractivity contribution in [2.24, 2.45) is 11.7 Å². The fraction of sp³-hybridized carbons (Fsp3) is 0.750. The quantitative estimate of drug-likeness (QED) is 0.545. The smallest absolute Gasteiger partial charge is 0.322 e. The zero-order chi connectivity index (χ0) is 10.4. The molecule has 5 heteroatoms. The maximum absolute atomic E-state index is 11.0. The molecule has 76 valence electrons. The lowest BCUT2D eigenvalue weighted by Gasteiger charge is -2.09. The molecule has 0 aromatic heterocycles. The van der Waals surface area contributed by atoms with E-state index in [0.29, 0.717) is 6.42 Å². The Morgan fingerprint density at radius 1 is 1.46 bits per heavy atom. The van der Waals surface area contributed by atoms with Gasteiger partial charge in [0.15, 0.2) is 0 Å². The Labute approximate surface area is 77.3 Å². The molecule has 0 radical (unpaired) electrons. The van der Waals surface area contributed by atoms with Crippen LogP contribution in [0.5, 0.6) is 0 Å². The van der Waals surface area contributed by atoms with Crippen molar-refractivity contribution in [2.45, 2.75) is 26.3 Å². The van der Waals surface area contributed by atoms with E-state index in [-0.39, 0.29) is 18.4 Å². The summed E-state index contributed by atoms with van der Waals surface area (Å²) in [5.74, 6) is -1.00. The number of hydrogen-bond acceptors (Lipinski definition) is 3. The average molecular weight is 188 g/mol. The number of rotatable bonds is 5. The highest BCUT2D eigenvalue weighted by atomic mass is 16.4. The molecule has 0 bridgehead atoms. The zero-order valence-electron chi connectivity index (χ0n) is 7.91. The second-order valence-electron chi connectivity index (χ2n) is 3.35. The Morgan fingerprint density at radius 2 is 2.00 bits per heavy atom. The molecule has 0 spiro atoms. The highest BCUT2D eigenvalue weighted by Crippen LogP contribution is 1.97. The first-order valence-corrected chi connectivity index (χ1v) is 4.18. The fourth-order valence-electron chi connectivity index (χ4n) is 0.754. The van der Waals surface area contributed by atoms with Gasteiger partial charge in [-0.05, 0) is 5.92 Å². The Morgan fingerprint density at radius 3 is 2.38 bits per heavy atom. The second-order valence-corrected chi connectivity index (χ2v) is 3.35. The van der Waals surface area contributed by atoms with Gasteiger partial charge < -0.3 is 16.2 Å². The monoisotopic (exact) mass is 188 g/mol. The molecule has 0 aliphatic carbocycles. The van der Waals surface area contributed by atoms with Crippen LogP contribution in [-0.4, -0.2) is 29.6 Å². The van der Waals surface area contributed by atoms with Gasteiger partial charge >= 0.3 is 5.97 Å². The summed E-state index contributed by atoms with van der Waals surface area (Å²) >= 11 is 0. The van der Waals surface area contributed by atoms with Crippen LogP contribution < -0.4 is 11.1 Å². The molecule has 0 heterocycles. The molecule has 5 nitrogen and oxygen atoms in total. The SMILES string of the molecule is CC(C)CC(=O)NCC(N)C(=O)O. The van der Waals surface area contributed by atoms with Crippen molar-refractivity contribution in [3.8, 4) is 0 Å². The van der Waals surface area contributed by atoms with Crippen molar-refractivity contribution in [3.63, 3.8) is 0 Å². The molecule has 0 fully saturated rings. The molecule has 0 saturated heterocycles. The third-order valence-corrected chi connectivity index (χ3v) is 1.43. The number of hydrogen-bond donors (Lipinski definition) is 3. The van der Waals surface area contributed by atoms with Gasteiger partial charge in [0.1, 0.15) is 6.04 Å². The van der Waals surface area contributed by atoms with Crippen molar-refractivity contribution < 1.29 is 14.7 Å². The van der Waals surface area contributed by atoms with Gasteiger partial charge in [-0.15, -0.1) is 0 Å². The number of nitrogens with one attached hydrogen (secondary N) is 1. The number of carboxylic acid groups (broad SMARTS) is 1. The molecule has 1 atom stereocenters. The van der Waals surface area contributed by atoms with E-state index >= 15 is 0 Å². The van der Waals surface area contributed by atoms with Gasteiger partial charge in [-0.25, -0.2) is 0 Å². The molecule has 4 N–H and O–H groups in total. The normalized spacial score (nSPS) is 12.6. The van der Waals surface area contributed by atoms with Crippen LogP contribution in [0.4, 0.5) is 0 Å². The summed E-state index contributed by atoms with van der Waals surface area (Å²) in [6, 6.07) is -1.02. The Kier molecular flexibility index (Phi) is 5.06. The van der Waals surface area contributed by atoms with E-state index in [1.165, 1.54) is 0 Å². The molecule has 1 unspecified atom stereocenters. The lowest BCUT2D eigenvalue weighted by atomic mass is 10.1. The molecular weight excluding hydrogens is 172 g/mol. The lowest BCUT2D eigenvalue weighted by Crippen LogP contribution is -2.42.